The summed E-state index contributed by atoms with van der Waals surface area (Å²) in [6.45, 7) is 1.93. The molecular weight excluding hydrogens is 275 g/mol. The van der Waals surface area contributed by atoms with E-state index in [0.717, 1.165) is 18.7 Å². The molecule has 1 heterocycles. The number of thioether (sulfide) groups is 1. The Morgan fingerprint density at radius 2 is 2.26 bits per heavy atom. The molecule has 0 saturated heterocycles. The highest BCUT2D eigenvalue weighted by atomic mass is 32.2. The monoisotopic (exact) mass is 295 g/mol. The van der Waals surface area contributed by atoms with E-state index in [-0.39, 0.29) is 12.5 Å². The minimum atomic E-state index is -4.13. The summed E-state index contributed by atoms with van der Waals surface area (Å²) >= 11 is 1.76. The molecule has 2 atom stereocenters. The highest BCUT2D eigenvalue weighted by molar-refractivity contribution is 7.98. The van der Waals surface area contributed by atoms with E-state index in [0.29, 0.717) is 5.84 Å². The molecule has 1 aliphatic rings. The summed E-state index contributed by atoms with van der Waals surface area (Å²) in [6, 6.07) is 0.188. The van der Waals surface area contributed by atoms with E-state index in [2.05, 4.69) is 15.8 Å². The van der Waals surface area contributed by atoms with Crippen molar-refractivity contribution < 1.29 is 13.2 Å². The minimum Gasteiger partial charge on any atom is -0.306 e. The molecule has 2 unspecified atom stereocenters. The van der Waals surface area contributed by atoms with Crippen LogP contribution in [0.15, 0.2) is 17.1 Å². The summed E-state index contributed by atoms with van der Waals surface area (Å²) in [7, 11) is 0. The lowest BCUT2D eigenvalue weighted by Crippen LogP contribution is -2.46. The van der Waals surface area contributed by atoms with Crippen LogP contribution in [0, 0.1) is 5.92 Å². The topological polar surface area (TPSA) is 36.4 Å². The van der Waals surface area contributed by atoms with Gasteiger partial charge in [0.2, 0.25) is 0 Å². The second-order valence-electron chi connectivity index (χ2n) is 4.54. The number of allylic oxidation sites excluding steroid dienone is 1. The number of nitrogens with zero attached hydrogens (tertiary/aromatic N) is 1. The quantitative estimate of drug-likeness (QED) is 0.791. The smallest absolute Gasteiger partial charge is 0.306 e. The molecule has 0 saturated carbocycles. The first-order valence-electron chi connectivity index (χ1n) is 6.22. The zero-order valence-corrected chi connectivity index (χ0v) is 11.9. The molecule has 3 nitrogen and oxygen atoms in total. The molecular formula is C12H20F3N3S. The van der Waals surface area contributed by atoms with Gasteiger partial charge in [-0.15, -0.1) is 0 Å². The Bertz CT molecular complexity index is 329. The molecule has 0 spiro atoms. The van der Waals surface area contributed by atoms with Crippen LogP contribution in [0.3, 0.4) is 0 Å². The first-order chi connectivity index (χ1) is 8.93. The van der Waals surface area contributed by atoms with Crippen molar-refractivity contribution in [3.8, 4) is 0 Å². The van der Waals surface area contributed by atoms with Crippen LogP contribution in [0.2, 0.25) is 0 Å². The molecule has 0 bridgehead atoms. The molecule has 2 N–H and O–H groups in total. The maximum atomic E-state index is 12.3. The van der Waals surface area contributed by atoms with E-state index in [9.17, 15) is 13.2 Å². The van der Waals surface area contributed by atoms with E-state index in [4.69, 9.17) is 0 Å². The Hall–Kier alpha value is -0.690. The van der Waals surface area contributed by atoms with Gasteiger partial charge >= 0.3 is 6.18 Å². The normalized spacial score (nSPS) is 22.2. The zero-order valence-electron chi connectivity index (χ0n) is 11.1. The second kappa shape index (κ2) is 7.79. The number of rotatable bonds is 6. The predicted molar refractivity (Wildman–Crippen MR) is 74.3 cm³/mol. The van der Waals surface area contributed by atoms with Crippen molar-refractivity contribution in [1.29, 1.82) is 0 Å². The maximum Gasteiger partial charge on any atom is 0.391 e. The highest BCUT2D eigenvalue weighted by Gasteiger charge is 2.34. The lowest BCUT2D eigenvalue weighted by atomic mass is 10.1. The predicted octanol–water partition coefficient (Wildman–Crippen LogP) is 2.76. The van der Waals surface area contributed by atoms with Gasteiger partial charge in [0.25, 0.3) is 0 Å². The van der Waals surface area contributed by atoms with E-state index >= 15 is 0 Å². The van der Waals surface area contributed by atoms with Gasteiger partial charge in [-0.2, -0.15) is 24.9 Å². The molecule has 1 rings (SSSR count). The number of hydrogen-bond acceptors (Lipinski definition) is 4. The van der Waals surface area contributed by atoms with E-state index in [1.807, 2.05) is 6.26 Å². The van der Waals surface area contributed by atoms with Crippen molar-refractivity contribution in [1.82, 2.24) is 10.9 Å². The van der Waals surface area contributed by atoms with Crippen LogP contribution in [-0.2, 0) is 0 Å². The van der Waals surface area contributed by atoms with E-state index < -0.39 is 12.1 Å². The van der Waals surface area contributed by atoms with Gasteiger partial charge in [-0.05, 0) is 30.9 Å². The Morgan fingerprint density at radius 1 is 1.53 bits per heavy atom. The fourth-order valence-corrected chi connectivity index (χ4v) is 2.06. The van der Waals surface area contributed by atoms with Gasteiger partial charge in [0.1, 0.15) is 5.84 Å². The molecule has 0 aromatic carbocycles. The number of hydrazine groups is 1. The number of hydrogen-bond donors (Lipinski definition) is 2. The lowest BCUT2D eigenvalue weighted by molar-refractivity contribution is -0.168. The highest BCUT2D eigenvalue weighted by Crippen LogP contribution is 2.28. The van der Waals surface area contributed by atoms with Crippen molar-refractivity contribution >= 4 is 17.6 Å². The number of nitrogens with one attached hydrogen (secondary N) is 2. The average Bonchev–Trinajstić information content (AvgIpc) is 2.35. The Kier molecular flexibility index (Phi) is 6.71. The third kappa shape index (κ3) is 6.33. The van der Waals surface area contributed by atoms with Crippen LogP contribution in [0.4, 0.5) is 13.2 Å². The average molecular weight is 295 g/mol. The molecule has 7 heteroatoms. The molecule has 19 heavy (non-hydrogen) atoms. The van der Waals surface area contributed by atoms with Crippen molar-refractivity contribution in [3.63, 3.8) is 0 Å². The van der Waals surface area contributed by atoms with Crippen molar-refractivity contribution in [2.75, 3.05) is 18.6 Å². The zero-order chi connectivity index (χ0) is 14.3. The fraction of sp³-hybridized carbons (Fsp3) is 0.750. The summed E-state index contributed by atoms with van der Waals surface area (Å²) in [5.41, 5.74) is 5.86. The summed E-state index contributed by atoms with van der Waals surface area (Å²) in [5.74, 6) is 0.303. The van der Waals surface area contributed by atoms with Gasteiger partial charge < -0.3 is 5.43 Å². The standard InChI is InChI=1S/C12H20F3N3S/c1-9(12(13,14)15)4-3-5-11-17-10(6-7-19-2)8-16-18-11/h3,5,9-10,16H,4,6-8H2,1-2H3,(H,17,18)/b5-3+. The number of aliphatic imine (C=N–C) groups is 1. The Labute approximate surface area is 116 Å². The third-order valence-corrected chi connectivity index (χ3v) is 3.50. The van der Waals surface area contributed by atoms with Crippen LogP contribution in [0.1, 0.15) is 19.8 Å². The van der Waals surface area contributed by atoms with Crippen LogP contribution < -0.4 is 10.9 Å². The van der Waals surface area contributed by atoms with Crippen LogP contribution in [0.25, 0.3) is 0 Å². The van der Waals surface area contributed by atoms with E-state index in [1.165, 1.54) is 13.0 Å². The molecule has 0 aromatic heterocycles. The van der Waals surface area contributed by atoms with Crippen LogP contribution >= 0.6 is 11.8 Å². The van der Waals surface area contributed by atoms with E-state index in [1.54, 1.807) is 17.8 Å². The van der Waals surface area contributed by atoms with Crippen molar-refractivity contribution in [2.24, 2.45) is 10.9 Å². The Balaban J connectivity index is 2.44. The van der Waals surface area contributed by atoms with Gasteiger partial charge in [-0.1, -0.05) is 13.0 Å². The van der Waals surface area contributed by atoms with Crippen LogP contribution in [-0.4, -0.2) is 36.6 Å². The molecule has 1 aliphatic heterocycles. The second-order valence-corrected chi connectivity index (χ2v) is 5.52. The van der Waals surface area contributed by atoms with Gasteiger partial charge in [0.15, 0.2) is 0 Å². The summed E-state index contributed by atoms with van der Waals surface area (Å²) in [5, 5.41) is 0. The maximum absolute atomic E-state index is 12.3. The minimum absolute atomic E-state index is 0.0281. The molecule has 0 radical (unpaired) electrons. The molecule has 0 amide bonds. The summed E-state index contributed by atoms with van der Waals surface area (Å²) < 4.78 is 37.0. The summed E-state index contributed by atoms with van der Waals surface area (Å²) in [6.07, 6.45) is 1.97. The molecule has 110 valence electrons. The SMILES string of the molecule is CSCCC1CNNC(/C=C/CC(C)C(F)(F)F)=N1. The van der Waals surface area contributed by atoms with Gasteiger partial charge in [-0.3, -0.25) is 4.99 Å². The molecule has 0 fully saturated rings. The van der Waals surface area contributed by atoms with Gasteiger partial charge in [0, 0.05) is 6.54 Å². The van der Waals surface area contributed by atoms with Crippen molar-refractivity contribution in [2.45, 2.75) is 32.0 Å². The first kappa shape index (κ1) is 16.4. The third-order valence-electron chi connectivity index (χ3n) is 2.86. The molecule has 0 aromatic rings. The van der Waals surface area contributed by atoms with Gasteiger partial charge in [-0.25, -0.2) is 5.43 Å². The van der Waals surface area contributed by atoms with Crippen LogP contribution in [0.5, 0.6) is 0 Å². The van der Waals surface area contributed by atoms with Gasteiger partial charge in [0.05, 0.1) is 12.0 Å². The van der Waals surface area contributed by atoms with Crippen molar-refractivity contribution in [3.05, 3.63) is 12.2 Å². The largest absolute Gasteiger partial charge is 0.391 e. The number of halogens is 3. The fourth-order valence-electron chi connectivity index (χ4n) is 1.56. The molecule has 0 aliphatic carbocycles. The lowest BCUT2D eigenvalue weighted by Gasteiger charge is -2.21. The summed E-state index contributed by atoms with van der Waals surface area (Å²) in [4.78, 5) is 4.44. The first-order valence-corrected chi connectivity index (χ1v) is 7.61. The number of amidine groups is 1. The number of alkyl halides is 3. The Morgan fingerprint density at radius 3 is 2.89 bits per heavy atom.